The van der Waals surface area contributed by atoms with Crippen LogP contribution in [0.2, 0.25) is 19.6 Å². The van der Waals surface area contributed by atoms with Gasteiger partial charge >= 0.3 is 11.9 Å². The SMILES string of the molecule is CC(=O)O[C@H]1C=C[C@@H](C#C[Si](C)(C)C)O[C@@H]1C#CCOC(=O)C(C)(C)C. The average Bonchev–Trinajstić information content (AvgIpc) is 2.48. The first-order valence-electron chi connectivity index (χ1n) is 8.58. The van der Waals surface area contributed by atoms with E-state index < -0.39 is 37.8 Å². The second-order valence-electron chi connectivity index (χ2n) is 8.10. The molecule has 1 heterocycles. The molecule has 0 radical (unpaired) electrons. The summed E-state index contributed by atoms with van der Waals surface area (Å²) in [5.41, 5.74) is 2.67. The third-order valence-corrected chi connectivity index (χ3v) is 3.99. The van der Waals surface area contributed by atoms with Crippen molar-refractivity contribution >= 4 is 20.0 Å². The first-order valence-corrected chi connectivity index (χ1v) is 12.1. The van der Waals surface area contributed by atoms with E-state index in [9.17, 15) is 9.59 Å². The standard InChI is InChI=1S/C20H28O5Si/c1-15(21)24-18-11-10-16(12-14-26(5,6)7)25-17(18)9-8-13-23-19(22)20(2,3)4/h10-11,16-18H,13H2,1-7H3/t16-,17+,18-/m0/s1. The van der Waals surface area contributed by atoms with Crippen LogP contribution in [0.3, 0.4) is 0 Å². The second-order valence-corrected chi connectivity index (χ2v) is 12.9. The summed E-state index contributed by atoms with van der Waals surface area (Å²) < 4.78 is 16.2. The van der Waals surface area contributed by atoms with Crippen LogP contribution in [-0.2, 0) is 23.8 Å². The number of carbonyl (C=O) groups excluding carboxylic acids is 2. The van der Waals surface area contributed by atoms with E-state index in [1.165, 1.54) is 6.92 Å². The smallest absolute Gasteiger partial charge is 0.312 e. The number of ether oxygens (including phenoxy) is 3. The van der Waals surface area contributed by atoms with Crippen LogP contribution in [-0.4, -0.2) is 44.9 Å². The maximum Gasteiger partial charge on any atom is 0.312 e. The largest absolute Gasteiger partial charge is 0.454 e. The summed E-state index contributed by atoms with van der Waals surface area (Å²) in [4.78, 5) is 23.0. The van der Waals surface area contributed by atoms with E-state index in [0.29, 0.717) is 0 Å². The Morgan fingerprint density at radius 3 is 2.35 bits per heavy atom. The Hall–Kier alpha value is -2.02. The van der Waals surface area contributed by atoms with E-state index >= 15 is 0 Å². The van der Waals surface area contributed by atoms with Gasteiger partial charge in [0.15, 0.2) is 18.8 Å². The highest BCUT2D eigenvalue weighted by Crippen LogP contribution is 2.17. The van der Waals surface area contributed by atoms with Crippen LogP contribution in [0.15, 0.2) is 12.2 Å². The lowest BCUT2D eigenvalue weighted by molar-refractivity contribution is -0.151. The van der Waals surface area contributed by atoms with Crippen molar-refractivity contribution in [2.45, 2.75) is 65.6 Å². The first-order chi connectivity index (χ1) is 11.9. The summed E-state index contributed by atoms with van der Waals surface area (Å²) in [5.74, 6) is 8.01. The zero-order valence-corrected chi connectivity index (χ0v) is 17.6. The van der Waals surface area contributed by atoms with Gasteiger partial charge in [-0.05, 0) is 32.9 Å². The van der Waals surface area contributed by atoms with E-state index in [1.54, 1.807) is 32.9 Å². The lowest BCUT2D eigenvalue weighted by Crippen LogP contribution is -2.37. The monoisotopic (exact) mass is 376 g/mol. The molecule has 0 aromatic carbocycles. The topological polar surface area (TPSA) is 61.8 Å². The van der Waals surface area contributed by atoms with Crippen LogP contribution in [0.25, 0.3) is 0 Å². The number of carbonyl (C=O) groups is 2. The number of hydrogen-bond donors (Lipinski definition) is 0. The maximum atomic E-state index is 11.7. The number of rotatable bonds is 2. The van der Waals surface area contributed by atoms with Crippen molar-refractivity contribution in [3.8, 4) is 23.3 Å². The molecule has 0 N–H and O–H groups in total. The highest BCUT2D eigenvalue weighted by Gasteiger charge is 2.28. The molecule has 0 spiro atoms. The minimum atomic E-state index is -1.52. The molecule has 6 heteroatoms. The highest BCUT2D eigenvalue weighted by atomic mass is 28.3. The van der Waals surface area contributed by atoms with E-state index in [0.717, 1.165) is 0 Å². The van der Waals surface area contributed by atoms with E-state index in [1.807, 2.05) is 0 Å². The fourth-order valence-corrected chi connectivity index (χ4v) is 2.41. The van der Waals surface area contributed by atoms with Gasteiger partial charge in [-0.3, -0.25) is 9.59 Å². The maximum absolute atomic E-state index is 11.7. The molecule has 3 atom stereocenters. The van der Waals surface area contributed by atoms with E-state index in [2.05, 4.69) is 42.9 Å². The van der Waals surface area contributed by atoms with Gasteiger partial charge in [-0.25, -0.2) is 0 Å². The fraction of sp³-hybridized carbons (Fsp3) is 0.600. The first kappa shape index (κ1) is 22.0. The molecule has 0 amide bonds. The molecule has 1 aliphatic rings. The summed E-state index contributed by atoms with van der Waals surface area (Å²) in [6.07, 6.45) is 1.86. The Kier molecular flexibility index (Phi) is 7.68. The van der Waals surface area contributed by atoms with Crippen molar-refractivity contribution in [3.63, 3.8) is 0 Å². The van der Waals surface area contributed by atoms with Crippen molar-refractivity contribution in [1.82, 2.24) is 0 Å². The van der Waals surface area contributed by atoms with Gasteiger partial charge in [0.2, 0.25) is 0 Å². The Labute approximate surface area is 157 Å². The Balaban J connectivity index is 2.81. The fourth-order valence-electron chi connectivity index (χ4n) is 1.83. The van der Waals surface area contributed by atoms with Crippen LogP contribution in [0.1, 0.15) is 27.7 Å². The number of esters is 2. The van der Waals surface area contributed by atoms with Crippen LogP contribution in [0.4, 0.5) is 0 Å². The van der Waals surface area contributed by atoms with Gasteiger partial charge in [-0.15, -0.1) is 5.54 Å². The molecule has 1 rings (SSSR count). The molecule has 5 nitrogen and oxygen atoms in total. The normalized spacial score (nSPS) is 22.3. The molecule has 1 aliphatic heterocycles. The van der Waals surface area contributed by atoms with Gasteiger partial charge < -0.3 is 14.2 Å². The van der Waals surface area contributed by atoms with Gasteiger partial charge in [0.25, 0.3) is 0 Å². The quantitative estimate of drug-likeness (QED) is 0.321. The van der Waals surface area contributed by atoms with Crippen molar-refractivity contribution in [2.75, 3.05) is 6.61 Å². The Morgan fingerprint density at radius 1 is 1.15 bits per heavy atom. The van der Waals surface area contributed by atoms with Crippen molar-refractivity contribution in [2.24, 2.45) is 5.41 Å². The zero-order chi connectivity index (χ0) is 20.0. The third-order valence-electron chi connectivity index (χ3n) is 3.09. The molecule has 142 valence electrons. The predicted octanol–water partition coefficient (Wildman–Crippen LogP) is 2.72. The summed E-state index contributed by atoms with van der Waals surface area (Å²) >= 11 is 0. The zero-order valence-electron chi connectivity index (χ0n) is 16.6. The predicted molar refractivity (Wildman–Crippen MR) is 103 cm³/mol. The van der Waals surface area contributed by atoms with Gasteiger partial charge in [-0.1, -0.05) is 37.4 Å². The van der Waals surface area contributed by atoms with Crippen LogP contribution < -0.4 is 0 Å². The van der Waals surface area contributed by atoms with E-state index in [-0.39, 0.29) is 12.6 Å². The summed E-state index contributed by atoms with van der Waals surface area (Å²) in [6, 6.07) is 0. The Bertz CT molecular complexity index is 673. The molecule has 0 bridgehead atoms. The van der Waals surface area contributed by atoms with Crippen molar-refractivity contribution < 1.29 is 23.8 Å². The second kappa shape index (κ2) is 9.07. The highest BCUT2D eigenvalue weighted by molar-refractivity contribution is 6.83. The van der Waals surface area contributed by atoms with Crippen molar-refractivity contribution in [1.29, 1.82) is 0 Å². The molecule has 0 saturated carbocycles. The van der Waals surface area contributed by atoms with Gasteiger partial charge in [0, 0.05) is 6.92 Å². The molecule has 0 unspecified atom stereocenters. The van der Waals surface area contributed by atoms with E-state index in [4.69, 9.17) is 14.2 Å². The van der Waals surface area contributed by atoms with Crippen LogP contribution >= 0.6 is 0 Å². The number of hydrogen-bond acceptors (Lipinski definition) is 5. The molecule has 0 fully saturated rings. The molecule has 0 saturated heterocycles. The molecule has 26 heavy (non-hydrogen) atoms. The van der Waals surface area contributed by atoms with Gasteiger partial charge in [0.05, 0.1) is 5.41 Å². The molecule has 0 aliphatic carbocycles. The minimum absolute atomic E-state index is 0.0439. The molecular formula is C20H28O5Si. The van der Waals surface area contributed by atoms with Gasteiger partial charge in [0.1, 0.15) is 14.2 Å². The third kappa shape index (κ3) is 8.38. The van der Waals surface area contributed by atoms with Gasteiger partial charge in [-0.2, -0.15) is 0 Å². The molecule has 0 aromatic heterocycles. The summed E-state index contributed by atoms with van der Waals surface area (Å²) in [6.45, 7) is 13.1. The lowest BCUT2D eigenvalue weighted by atomic mass is 9.97. The summed E-state index contributed by atoms with van der Waals surface area (Å²) in [5, 5.41) is 0. The van der Waals surface area contributed by atoms with Crippen LogP contribution in [0.5, 0.6) is 0 Å². The lowest BCUT2D eigenvalue weighted by Gasteiger charge is -2.26. The average molecular weight is 377 g/mol. The summed E-state index contributed by atoms with van der Waals surface area (Å²) in [7, 11) is -1.52. The molecular weight excluding hydrogens is 348 g/mol. The van der Waals surface area contributed by atoms with Crippen LogP contribution in [0, 0.1) is 28.7 Å². The molecule has 0 aromatic rings. The van der Waals surface area contributed by atoms with Crippen molar-refractivity contribution in [3.05, 3.63) is 12.2 Å². The minimum Gasteiger partial charge on any atom is -0.454 e. The Morgan fingerprint density at radius 2 is 1.81 bits per heavy atom.